The first kappa shape index (κ1) is 20.7. The number of anilines is 1. The Kier molecular flexibility index (Phi) is 6.08. The molecule has 3 aromatic rings. The van der Waals surface area contributed by atoms with Crippen LogP contribution in [0.25, 0.3) is 11.4 Å². The van der Waals surface area contributed by atoms with Crippen molar-refractivity contribution in [1.82, 2.24) is 15.0 Å². The van der Waals surface area contributed by atoms with Crippen molar-refractivity contribution in [2.45, 2.75) is 26.3 Å². The first-order chi connectivity index (χ1) is 15.0. The maximum Gasteiger partial charge on any atom is 0.250 e. The van der Waals surface area contributed by atoms with Gasteiger partial charge in [-0.25, -0.2) is 0 Å². The fourth-order valence-corrected chi connectivity index (χ4v) is 3.87. The number of para-hydroxylation sites is 1. The highest BCUT2D eigenvalue weighted by atomic mass is 16.5. The van der Waals surface area contributed by atoms with E-state index in [-0.39, 0.29) is 11.8 Å². The molecule has 1 atom stereocenters. The summed E-state index contributed by atoms with van der Waals surface area (Å²) >= 11 is 0. The Morgan fingerprint density at radius 1 is 1.23 bits per heavy atom. The van der Waals surface area contributed by atoms with Crippen LogP contribution in [0.3, 0.4) is 0 Å². The number of primary amides is 1. The Morgan fingerprint density at radius 2 is 2.06 bits per heavy atom. The number of rotatable bonds is 6. The molecule has 2 amide bonds. The summed E-state index contributed by atoms with van der Waals surface area (Å²) in [5.74, 6) is 0.199. The summed E-state index contributed by atoms with van der Waals surface area (Å²) in [7, 11) is 0. The Morgan fingerprint density at radius 3 is 2.87 bits per heavy atom. The molecular weight excluding hydrogens is 394 g/mol. The molecule has 0 radical (unpaired) electrons. The van der Waals surface area contributed by atoms with Crippen molar-refractivity contribution in [2.24, 2.45) is 11.7 Å². The van der Waals surface area contributed by atoms with E-state index in [1.165, 1.54) is 0 Å². The molecule has 1 unspecified atom stereocenters. The molecule has 31 heavy (non-hydrogen) atoms. The van der Waals surface area contributed by atoms with Gasteiger partial charge in [-0.1, -0.05) is 41.1 Å². The Labute approximate surface area is 180 Å². The third kappa shape index (κ3) is 4.97. The Bertz CT molecular complexity index is 1090. The van der Waals surface area contributed by atoms with Gasteiger partial charge in [0.25, 0.3) is 5.91 Å². The zero-order valence-electron chi connectivity index (χ0n) is 17.4. The maximum absolute atomic E-state index is 12.8. The van der Waals surface area contributed by atoms with E-state index in [0.29, 0.717) is 36.1 Å². The topological polar surface area (TPSA) is 114 Å². The van der Waals surface area contributed by atoms with Crippen LogP contribution in [0.2, 0.25) is 0 Å². The number of nitrogens with zero attached hydrogens (tertiary/aromatic N) is 3. The third-order valence-electron chi connectivity index (χ3n) is 5.43. The van der Waals surface area contributed by atoms with Crippen molar-refractivity contribution < 1.29 is 14.1 Å². The lowest BCUT2D eigenvalue weighted by Crippen LogP contribution is -2.40. The number of carbonyl (C=O) groups excluding carboxylic acids is 2. The summed E-state index contributed by atoms with van der Waals surface area (Å²) in [5, 5.41) is 6.95. The molecule has 1 aliphatic rings. The highest BCUT2D eigenvalue weighted by Gasteiger charge is 2.27. The molecule has 8 heteroatoms. The minimum Gasteiger partial charge on any atom is -0.366 e. The van der Waals surface area contributed by atoms with Crippen LogP contribution >= 0.6 is 0 Å². The Hall–Kier alpha value is -3.52. The van der Waals surface area contributed by atoms with Gasteiger partial charge < -0.3 is 15.6 Å². The third-order valence-corrected chi connectivity index (χ3v) is 5.43. The van der Waals surface area contributed by atoms with Crippen LogP contribution in [-0.2, 0) is 11.3 Å². The second kappa shape index (κ2) is 9.09. The quantitative estimate of drug-likeness (QED) is 0.635. The SMILES string of the molecule is Cc1cccc(-c2noc(CN3CCCC(C(=O)Nc4ccccc4C(N)=O)C3)n2)c1. The average molecular weight is 419 g/mol. The number of benzene rings is 2. The molecule has 0 aliphatic carbocycles. The number of hydrogen-bond donors (Lipinski definition) is 2. The summed E-state index contributed by atoms with van der Waals surface area (Å²) in [6.45, 7) is 3.93. The molecule has 0 spiro atoms. The van der Waals surface area contributed by atoms with Crippen LogP contribution in [0.1, 0.15) is 34.7 Å². The van der Waals surface area contributed by atoms with Crippen LogP contribution < -0.4 is 11.1 Å². The van der Waals surface area contributed by atoms with Crippen molar-refractivity contribution >= 4 is 17.5 Å². The average Bonchev–Trinajstić information content (AvgIpc) is 3.22. The predicted octanol–water partition coefficient (Wildman–Crippen LogP) is 2.99. The van der Waals surface area contributed by atoms with E-state index in [2.05, 4.69) is 20.4 Å². The monoisotopic (exact) mass is 419 g/mol. The maximum atomic E-state index is 12.8. The number of nitrogens with two attached hydrogens (primary N) is 1. The molecule has 2 heterocycles. The summed E-state index contributed by atoms with van der Waals surface area (Å²) < 4.78 is 5.44. The largest absolute Gasteiger partial charge is 0.366 e. The molecule has 0 saturated carbocycles. The van der Waals surface area contributed by atoms with Gasteiger partial charge in [-0.2, -0.15) is 4.98 Å². The van der Waals surface area contributed by atoms with Crippen molar-refractivity contribution in [1.29, 1.82) is 0 Å². The molecule has 0 bridgehead atoms. The van der Waals surface area contributed by atoms with E-state index in [0.717, 1.165) is 30.5 Å². The molecule has 3 N–H and O–H groups in total. The summed E-state index contributed by atoms with van der Waals surface area (Å²) in [5.41, 5.74) is 8.20. The first-order valence-corrected chi connectivity index (χ1v) is 10.3. The second-order valence-corrected chi connectivity index (χ2v) is 7.85. The molecule has 8 nitrogen and oxygen atoms in total. The van der Waals surface area contributed by atoms with E-state index in [9.17, 15) is 9.59 Å². The van der Waals surface area contributed by atoms with Crippen LogP contribution in [-0.4, -0.2) is 39.9 Å². The normalized spacial score (nSPS) is 16.7. The van der Waals surface area contributed by atoms with Crippen molar-refractivity contribution in [3.8, 4) is 11.4 Å². The minimum atomic E-state index is -0.568. The lowest BCUT2D eigenvalue weighted by Gasteiger charge is -2.31. The lowest BCUT2D eigenvalue weighted by atomic mass is 9.97. The molecule has 2 aromatic carbocycles. The molecule has 160 valence electrons. The number of aromatic nitrogens is 2. The molecule has 1 aliphatic heterocycles. The van der Waals surface area contributed by atoms with Crippen LogP contribution in [0.5, 0.6) is 0 Å². The molecule has 4 rings (SSSR count). The second-order valence-electron chi connectivity index (χ2n) is 7.85. The van der Waals surface area contributed by atoms with Crippen molar-refractivity contribution in [2.75, 3.05) is 18.4 Å². The molecule has 1 fully saturated rings. The summed E-state index contributed by atoms with van der Waals surface area (Å²) in [6.07, 6.45) is 1.66. The number of piperidine rings is 1. The summed E-state index contributed by atoms with van der Waals surface area (Å²) in [4.78, 5) is 31.1. The van der Waals surface area contributed by atoms with Gasteiger partial charge in [-0.05, 0) is 44.5 Å². The zero-order valence-corrected chi connectivity index (χ0v) is 17.4. The fraction of sp³-hybridized carbons (Fsp3) is 0.304. The number of amides is 2. The van der Waals surface area contributed by atoms with Crippen LogP contribution in [0.4, 0.5) is 5.69 Å². The van der Waals surface area contributed by atoms with Gasteiger partial charge in [0.15, 0.2) is 0 Å². The predicted molar refractivity (Wildman–Crippen MR) is 116 cm³/mol. The van der Waals surface area contributed by atoms with E-state index >= 15 is 0 Å². The van der Waals surface area contributed by atoms with E-state index in [1.54, 1.807) is 24.3 Å². The van der Waals surface area contributed by atoms with Crippen LogP contribution in [0.15, 0.2) is 53.1 Å². The first-order valence-electron chi connectivity index (χ1n) is 10.3. The van der Waals surface area contributed by atoms with E-state index < -0.39 is 5.91 Å². The van der Waals surface area contributed by atoms with Crippen molar-refractivity contribution in [3.05, 3.63) is 65.5 Å². The molecule has 1 saturated heterocycles. The minimum absolute atomic E-state index is 0.121. The van der Waals surface area contributed by atoms with Gasteiger partial charge in [0, 0.05) is 12.1 Å². The summed E-state index contributed by atoms with van der Waals surface area (Å²) in [6, 6.07) is 14.7. The standard InChI is InChI=1S/C23H25N5O3/c1-15-6-4-7-16(12-15)22-26-20(31-27-22)14-28-11-5-8-17(13-28)23(30)25-19-10-3-2-9-18(19)21(24)29/h2-4,6-7,9-10,12,17H,5,8,11,13-14H2,1H3,(H2,24,29)(H,25,30). The fourth-order valence-electron chi connectivity index (χ4n) is 3.87. The number of carbonyl (C=O) groups is 2. The number of likely N-dealkylation sites (tertiary alicyclic amines) is 1. The number of nitrogens with one attached hydrogen (secondary N) is 1. The number of hydrogen-bond acceptors (Lipinski definition) is 6. The Balaban J connectivity index is 1.39. The number of aryl methyl sites for hydroxylation is 1. The van der Waals surface area contributed by atoms with Crippen molar-refractivity contribution in [3.63, 3.8) is 0 Å². The van der Waals surface area contributed by atoms with Gasteiger partial charge >= 0.3 is 0 Å². The van der Waals surface area contributed by atoms with Gasteiger partial charge in [0.2, 0.25) is 17.6 Å². The van der Waals surface area contributed by atoms with E-state index in [4.69, 9.17) is 10.3 Å². The van der Waals surface area contributed by atoms with Gasteiger partial charge in [0.1, 0.15) is 0 Å². The van der Waals surface area contributed by atoms with Gasteiger partial charge in [0.05, 0.1) is 23.7 Å². The smallest absolute Gasteiger partial charge is 0.250 e. The molecule has 1 aromatic heterocycles. The highest BCUT2D eigenvalue weighted by molar-refractivity contribution is 6.03. The molecular formula is C23H25N5O3. The van der Waals surface area contributed by atoms with Crippen LogP contribution in [0, 0.1) is 12.8 Å². The van der Waals surface area contributed by atoms with E-state index in [1.807, 2.05) is 31.2 Å². The zero-order chi connectivity index (χ0) is 21.8. The highest BCUT2D eigenvalue weighted by Crippen LogP contribution is 2.23. The van der Waals surface area contributed by atoms with Gasteiger partial charge in [-0.15, -0.1) is 0 Å². The van der Waals surface area contributed by atoms with Gasteiger partial charge in [-0.3, -0.25) is 14.5 Å². The lowest BCUT2D eigenvalue weighted by molar-refractivity contribution is -0.121.